The fourth-order valence-corrected chi connectivity index (χ4v) is 1.38. The molecule has 1 aliphatic carbocycles. The van der Waals surface area contributed by atoms with Gasteiger partial charge in [-0.3, -0.25) is 0 Å². The summed E-state index contributed by atoms with van der Waals surface area (Å²) < 4.78 is 0. The van der Waals surface area contributed by atoms with Gasteiger partial charge in [0.15, 0.2) is 0 Å². The molecule has 0 heterocycles. The summed E-state index contributed by atoms with van der Waals surface area (Å²) in [6.45, 7) is 4.45. The Hall–Kier alpha value is -0.0800. The lowest BCUT2D eigenvalue weighted by Crippen LogP contribution is -2.51. The predicted octanol–water partition coefficient (Wildman–Crippen LogP) is 0.816. The Kier molecular flexibility index (Phi) is 2.32. The van der Waals surface area contributed by atoms with Gasteiger partial charge in [-0.1, -0.05) is 0 Å². The molecule has 0 unspecified atom stereocenters. The molecule has 0 radical (unpaired) electrons. The fraction of sp³-hybridized carbons (Fsp3) is 1.00. The molecule has 0 spiro atoms. The monoisotopic (exact) mass is 142 g/mol. The molecule has 1 aliphatic rings. The van der Waals surface area contributed by atoms with Crippen molar-refractivity contribution in [3.8, 4) is 0 Å². The van der Waals surface area contributed by atoms with Crippen molar-refractivity contribution in [2.24, 2.45) is 5.73 Å². The topological polar surface area (TPSA) is 29.3 Å². The molecule has 0 amide bonds. The van der Waals surface area contributed by atoms with Crippen LogP contribution in [0.4, 0.5) is 0 Å². The maximum absolute atomic E-state index is 5.68. The average Bonchev–Trinajstić information content (AvgIpc) is 1.79. The van der Waals surface area contributed by atoms with Crippen LogP contribution in [0.15, 0.2) is 0 Å². The normalized spacial score (nSPS) is 33.0. The molecule has 2 nitrogen and oxygen atoms in total. The third kappa shape index (κ3) is 1.50. The van der Waals surface area contributed by atoms with Gasteiger partial charge in [0.1, 0.15) is 0 Å². The minimum absolute atomic E-state index is 0.478. The van der Waals surface area contributed by atoms with E-state index in [0.29, 0.717) is 12.1 Å². The number of hydrogen-bond acceptors (Lipinski definition) is 2. The highest BCUT2D eigenvalue weighted by Crippen LogP contribution is 2.23. The zero-order chi connectivity index (χ0) is 7.72. The van der Waals surface area contributed by atoms with E-state index < -0.39 is 0 Å². The summed E-state index contributed by atoms with van der Waals surface area (Å²) in [5.41, 5.74) is 5.68. The van der Waals surface area contributed by atoms with E-state index in [1.807, 2.05) is 0 Å². The van der Waals surface area contributed by atoms with Crippen molar-refractivity contribution >= 4 is 0 Å². The quantitative estimate of drug-likeness (QED) is 0.618. The van der Waals surface area contributed by atoms with Crippen molar-refractivity contribution in [2.75, 3.05) is 7.05 Å². The summed E-state index contributed by atoms with van der Waals surface area (Å²) in [5, 5.41) is 0. The Labute approximate surface area is 63.4 Å². The zero-order valence-corrected chi connectivity index (χ0v) is 7.17. The van der Waals surface area contributed by atoms with Gasteiger partial charge in [0.2, 0.25) is 0 Å². The van der Waals surface area contributed by atoms with Crippen LogP contribution in [-0.4, -0.2) is 30.1 Å². The van der Waals surface area contributed by atoms with Crippen molar-refractivity contribution in [3.63, 3.8) is 0 Å². The van der Waals surface area contributed by atoms with Crippen LogP contribution in [0.25, 0.3) is 0 Å². The molecular formula is C8H18N2. The summed E-state index contributed by atoms with van der Waals surface area (Å²) in [4.78, 5) is 2.41. The molecule has 0 aromatic carbocycles. The van der Waals surface area contributed by atoms with Crippen LogP contribution in [0.1, 0.15) is 26.7 Å². The maximum Gasteiger partial charge on any atom is 0.0124 e. The van der Waals surface area contributed by atoms with Gasteiger partial charge in [0.25, 0.3) is 0 Å². The number of nitrogens with zero attached hydrogens (tertiary/aromatic N) is 1. The molecule has 0 atom stereocenters. The molecule has 0 aromatic heterocycles. The molecule has 0 bridgehead atoms. The largest absolute Gasteiger partial charge is 0.328 e. The summed E-state index contributed by atoms with van der Waals surface area (Å²) in [6, 6.07) is 1.90. The van der Waals surface area contributed by atoms with E-state index >= 15 is 0 Å². The highest BCUT2D eigenvalue weighted by atomic mass is 15.2. The minimum Gasteiger partial charge on any atom is -0.328 e. The zero-order valence-electron chi connectivity index (χ0n) is 7.17. The number of rotatable bonds is 2. The number of hydrogen-bond donors (Lipinski definition) is 1. The molecule has 1 rings (SSSR count). The lowest BCUT2D eigenvalue weighted by molar-refractivity contribution is 0.110. The second-order valence-corrected chi connectivity index (χ2v) is 3.64. The van der Waals surface area contributed by atoms with E-state index in [9.17, 15) is 0 Å². The molecule has 0 saturated heterocycles. The first-order valence-electron chi connectivity index (χ1n) is 4.08. The van der Waals surface area contributed by atoms with Crippen molar-refractivity contribution in [3.05, 3.63) is 0 Å². The first-order valence-corrected chi connectivity index (χ1v) is 4.08. The first-order chi connectivity index (χ1) is 4.61. The van der Waals surface area contributed by atoms with Crippen molar-refractivity contribution in [1.82, 2.24) is 4.90 Å². The van der Waals surface area contributed by atoms with Crippen LogP contribution in [-0.2, 0) is 0 Å². The van der Waals surface area contributed by atoms with E-state index in [-0.39, 0.29) is 0 Å². The highest BCUT2D eigenvalue weighted by Gasteiger charge is 2.29. The summed E-state index contributed by atoms with van der Waals surface area (Å²) >= 11 is 0. The van der Waals surface area contributed by atoms with Crippen LogP contribution < -0.4 is 5.73 Å². The van der Waals surface area contributed by atoms with E-state index in [1.54, 1.807) is 0 Å². The molecule has 1 saturated carbocycles. The lowest BCUT2D eigenvalue weighted by Gasteiger charge is -2.41. The van der Waals surface area contributed by atoms with Crippen LogP contribution >= 0.6 is 0 Å². The van der Waals surface area contributed by atoms with Gasteiger partial charge in [0.05, 0.1) is 0 Å². The second-order valence-electron chi connectivity index (χ2n) is 3.64. The van der Waals surface area contributed by atoms with E-state index in [2.05, 4.69) is 25.8 Å². The molecule has 0 aromatic rings. The van der Waals surface area contributed by atoms with Crippen molar-refractivity contribution in [2.45, 2.75) is 44.8 Å². The predicted molar refractivity (Wildman–Crippen MR) is 43.9 cm³/mol. The van der Waals surface area contributed by atoms with Crippen LogP contribution in [0.2, 0.25) is 0 Å². The number of nitrogens with two attached hydrogens (primary N) is 1. The molecular weight excluding hydrogens is 124 g/mol. The fourth-order valence-electron chi connectivity index (χ4n) is 1.38. The Morgan fingerprint density at radius 2 is 1.90 bits per heavy atom. The van der Waals surface area contributed by atoms with Gasteiger partial charge >= 0.3 is 0 Å². The van der Waals surface area contributed by atoms with Gasteiger partial charge in [-0.2, -0.15) is 0 Å². The maximum atomic E-state index is 5.68. The van der Waals surface area contributed by atoms with Crippen molar-refractivity contribution in [1.29, 1.82) is 0 Å². The van der Waals surface area contributed by atoms with E-state index in [0.717, 1.165) is 6.04 Å². The molecule has 60 valence electrons. The Morgan fingerprint density at radius 3 is 2.20 bits per heavy atom. The van der Waals surface area contributed by atoms with E-state index in [1.165, 1.54) is 12.8 Å². The minimum atomic E-state index is 0.478. The molecule has 1 fully saturated rings. The molecule has 0 aliphatic heterocycles. The standard InChI is InChI=1S/C8H18N2/c1-6(2)10(3)8-4-7(9)5-8/h6-8H,4-5,9H2,1-3H3. The second kappa shape index (κ2) is 2.89. The van der Waals surface area contributed by atoms with Gasteiger partial charge in [-0.25, -0.2) is 0 Å². The summed E-state index contributed by atoms with van der Waals surface area (Å²) in [7, 11) is 2.18. The molecule has 2 N–H and O–H groups in total. The van der Waals surface area contributed by atoms with Gasteiger partial charge in [-0.05, 0) is 33.7 Å². The Balaban J connectivity index is 2.24. The summed E-state index contributed by atoms with van der Waals surface area (Å²) in [6.07, 6.45) is 2.38. The Bertz CT molecular complexity index is 106. The van der Waals surface area contributed by atoms with Gasteiger partial charge < -0.3 is 10.6 Å². The smallest absolute Gasteiger partial charge is 0.0124 e. The van der Waals surface area contributed by atoms with Crippen LogP contribution in [0.5, 0.6) is 0 Å². The van der Waals surface area contributed by atoms with Gasteiger partial charge in [-0.15, -0.1) is 0 Å². The highest BCUT2D eigenvalue weighted by molar-refractivity contribution is 4.89. The Morgan fingerprint density at radius 1 is 1.40 bits per heavy atom. The first kappa shape index (κ1) is 8.02. The van der Waals surface area contributed by atoms with E-state index in [4.69, 9.17) is 5.73 Å². The van der Waals surface area contributed by atoms with Crippen molar-refractivity contribution < 1.29 is 0 Å². The molecule has 2 heteroatoms. The van der Waals surface area contributed by atoms with Crippen LogP contribution in [0, 0.1) is 0 Å². The summed E-state index contributed by atoms with van der Waals surface area (Å²) in [5.74, 6) is 0. The van der Waals surface area contributed by atoms with Gasteiger partial charge in [0, 0.05) is 18.1 Å². The van der Waals surface area contributed by atoms with Crippen LogP contribution in [0.3, 0.4) is 0 Å². The SMILES string of the molecule is CC(C)N(C)C1CC(N)C1. The average molecular weight is 142 g/mol. The molecule has 10 heavy (non-hydrogen) atoms. The third-order valence-corrected chi connectivity index (χ3v) is 2.54. The third-order valence-electron chi connectivity index (χ3n) is 2.54. The lowest BCUT2D eigenvalue weighted by atomic mass is 9.86.